The first-order valence-electron chi connectivity index (χ1n) is 4.39. The van der Waals surface area contributed by atoms with Gasteiger partial charge in [-0.1, -0.05) is 13.8 Å². The van der Waals surface area contributed by atoms with Crippen molar-refractivity contribution in [3.63, 3.8) is 0 Å². The second-order valence-electron chi connectivity index (χ2n) is 3.71. The smallest absolute Gasteiger partial charge is 0.109 e. The van der Waals surface area contributed by atoms with Gasteiger partial charge in [0.2, 0.25) is 0 Å². The fourth-order valence-corrected chi connectivity index (χ4v) is 1.26. The van der Waals surface area contributed by atoms with Crippen molar-refractivity contribution in [3.05, 3.63) is 18.0 Å². The SMILES string of the molecule is CC(C)Cn1cc([C@H]2CO2)cn1. The Morgan fingerprint density at radius 2 is 2.50 bits per heavy atom. The van der Waals surface area contributed by atoms with E-state index in [0.717, 1.165) is 13.2 Å². The topological polar surface area (TPSA) is 30.4 Å². The third-order valence-electron chi connectivity index (χ3n) is 1.91. The summed E-state index contributed by atoms with van der Waals surface area (Å²) in [5.41, 5.74) is 1.22. The molecule has 12 heavy (non-hydrogen) atoms. The van der Waals surface area contributed by atoms with E-state index in [9.17, 15) is 0 Å². The van der Waals surface area contributed by atoms with Crippen molar-refractivity contribution in [3.8, 4) is 0 Å². The van der Waals surface area contributed by atoms with Gasteiger partial charge in [-0.25, -0.2) is 0 Å². The standard InChI is InChI=1S/C9H14N2O/c1-7(2)4-11-5-8(3-10-11)9-6-12-9/h3,5,7,9H,4,6H2,1-2H3/t9-/m1/s1. The number of epoxide rings is 1. The van der Waals surface area contributed by atoms with Crippen LogP contribution in [0.1, 0.15) is 25.5 Å². The van der Waals surface area contributed by atoms with E-state index in [1.807, 2.05) is 10.9 Å². The molecule has 66 valence electrons. The van der Waals surface area contributed by atoms with Crippen LogP contribution < -0.4 is 0 Å². The van der Waals surface area contributed by atoms with Crippen molar-refractivity contribution in [2.75, 3.05) is 6.61 Å². The lowest BCUT2D eigenvalue weighted by Gasteiger charge is -2.02. The van der Waals surface area contributed by atoms with E-state index in [1.165, 1.54) is 5.56 Å². The molecule has 1 aromatic heterocycles. The van der Waals surface area contributed by atoms with Crippen molar-refractivity contribution in [2.24, 2.45) is 5.92 Å². The van der Waals surface area contributed by atoms with Crippen molar-refractivity contribution in [1.29, 1.82) is 0 Å². The molecule has 0 bridgehead atoms. The van der Waals surface area contributed by atoms with Gasteiger partial charge < -0.3 is 4.74 Å². The fourth-order valence-electron chi connectivity index (χ4n) is 1.26. The number of aromatic nitrogens is 2. The second kappa shape index (κ2) is 2.90. The molecule has 2 heterocycles. The van der Waals surface area contributed by atoms with Crippen LogP contribution in [0.4, 0.5) is 0 Å². The van der Waals surface area contributed by atoms with E-state index in [-0.39, 0.29) is 0 Å². The first kappa shape index (κ1) is 7.80. The van der Waals surface area contributed by atoms with Gasteiger partial charge in [-0.2, -0.15) is 5.10 Å². The summed E-state index contributed by atoms with van der Waals surface area (Å²) >= 11 is 0. The molecule has 0 radical (unpaired) electrons. The average Bonchev–Trinajstić information content (AvgIpc) is 2.73. The maximum Gasteiger partial charge on any atom is 0.109 e. The van der Waals surface area contributed by atoms with E-state index in [2.05, 4.69) is 25.1 Å². The van der Waals surface area contributed by atoms with Crippen LogP contribution in [-0.4, -0.2) is 16.4 Å². The predicted molar refractivity (Wildman–Crippen MR) is 45.8 cm³/mol. The number of ether oxygens (including phenoxy) is 1. The molecule has 0 aliphatic carbocycles. The zero-order valence-corrected chi connectivity index (χ0v) is 7.53. The van der Waals surface area contributed by atoms with E-state index in [0.29, 0.717) is 12.0 Å². The van der Waals surface area contributed by atoms with Crippen LogP contribution in [0.25, 0.3) is 0 Å². The van der Waals surface area contributed by atoms with Crippen LogP contribution >= 0.6 is 0 Å². The first-order chi connectivity index (χ1) is 5.75. The summed E-state index contributed by atoms with van der Waals surface area (Å²) in [5.74, 6) is 0.651. The Kier molecular flexibility index (Phi) is 1.89. The molecule has 2 rings (SSSR count). The molecule has 0 N–H and O–H groups in total. The van der Waals surface area contributed by atoms with E-state index >= 15 is 0 Å². The van der Waals surface area contributed by atoms with Gasteiger partial charge >= 0.3 is 0 Å². The van der Waals surface area contributed by atoms with Gasteiger partial charge in [0.15, 0.2) is 0 Å². The van der Waals surface area contributed by atoms with Crippen LogP contribution in [0.2, 0.25) is 0 Å². The van der Waals surface area contributed by atoms with Gasteiger partial charge in [0.25, 0.3) is 0 Å². The Balaban J connectivity index is 2.03. The molecule has 0 aromatic carbocycles. The highest BCUT2D eigenvalue weighted by molar-refractivity contribution is 5.12. The van der Waals surface area contributed by atoms with Crippen LogP contribution in [0.15, 0.2) is 12.4 Å². The van der Waals surface area contributed by atoms with Crippen molar-refractivity contribution in [2.45, 2.75) is 26.5 Å². The average molecular weight is 166 g/mol. The third-order valence-corrected chi connectivity index (χ3v) is 1.91. The van der Waals surface area contributed by atoms with Gasteiger partial charge in [-0.15, -0.1) is 0 Å². The highest BCUT2D eigenvalue weighted by Crippen LogP contribution is 2.28. The Morgan fingerprint density at radius 1 is 1.75 bits per heavy atom. The summed E-state index contributed by atoms with van der Waals surface area (Å²) in [4.78, 5) is 0. The van der Waals surface area contributed by atoms with Crippen LogP contribution in [-0.2, 0) is 11.3 Å². The summed E-state index contributed by atoms with van der Waals surface area (Å²) in [7, 11) is 0. The summed E-state index contributed by atoms with van der Waals surface area (Å²) in [5, 5.41) is 4.25. The Morgan fingerprint density at radius 3 is 3.08 bits per heavy atom. The summed E-state index contributed by atoms with van der Waals surface area (Å²) in [6.07, 6.45) is 4.32. The Labute approximate surface area is 72.3 Å². The molecule has 1 atom stereocenters. The molecule has 0 spiro atoms. The molecule has 1 aliphatic heterocycles. The molecular formula is C9H14N2O. The molecule has 0 saturated carbocycles. The zero-order chi connectivity index (χ0) is 8.55. The maximum atomic E-state index is 5.16. The minimum atomic E-state index is 0.339. The summed E-state index contributed by atoms with van der Waals surface area (Å²) < 4.78 is 7.15. The van der Waals surface area contributed by atoms with E-state index in [4.69, 9.17) is 4.74 Å². The largest absolute Gasteiger partial charge is 0.368 e. The van der Waals surface area contributed by atoms with E-state index < -0.39 is 0 Å². The number of nitrogens with zero attached hydrogens (tertiary/aromatic N) is 2. The maximum absolute atomic E-state index is 5.16. The minimum Gasteiger partial charge on any atom is -0.368 e. The molecular weight excluding hydrogens is 152 g/mol. The number of rotatable bonds is 3. The lowest BCUT2D eigenvalue weighted by molar-refractivity contribution is 0.415. The molecule has 3 nitrogen and oxygen atoms in total. The summed E-state index contributed by atoms with van der Waals surface area (Å²) in [6, 6.07) is 0. The molecule has 1 saturated heterocycles. The van der Waals surface area contributed by atoms with Crippen LogP contribution in [0.5, 0.6) is 0 Å². The second-order valence-corrected chi connectivity index (χ2v) is 3.71. The third kappa shape index (κ3) is 1.67. The molecule has 3 heteroatoms. The zero-order valence-electron chi connectivity index (χ0n) is 7.53. The monoisotopic (exact) mass is 166 g/mol. The van der Waals surface area contributed by atoms with Gasteiger partial charge in [-0.05, 0) is 5.92 Å². The summed E-state index contributed by atoms with van der Waals surface area (Å²) in [6.45, 7) is 6.24. The highest BCUT2D eigenvalue weighted by atomic mass is 16.6. The molecule has 0 amide bonds. The molecule has 1 aromatic rings. The normalized spacial score (nSPS) is 21.8. The van der Waals surface area contributed by atoms with Crippen LogP contribution in [0.3, 0.4) is 0 Å². The van der Waals surface area contributed by atoms with Crippen molar-refractivity contribution < 1.29 is 4.74 Å². The number of hydrogen-bond acceptors (Lipinski definition) is 2. The lowest BCUT2D eigenvalue weighted by atomic mass is 10.2. The minimum absolute atomic E-state index is 0.339. The number of hydrogen-bond donors (Lipinski definition) is 0. The van der Waals surface area contributed by atoms with Gasteiger partial charge in [0.05, 0.1) is 12.8 Å². The first-order valence-corrected chi connectivity index (χ1v) is 4.39. The van der Waals surface area contributed by atoms with Crippen LogP contribution in [0, 0.1) is 5.92 Å². The van der Waals surface area contributed by atoms with Gasteiger partial charge in [-0.3, -0.25) is 4.68 Å². The highest BCUT2D eigenvalue weighted by Gasteiger charge is 2.25. The van der Waals surface area contributed by atoms with Crippen molar-refractivity contribution >= 4 is 0 Å². The lowest BCUT2D eigenvalue weighted by Crippen LogP contribution is -2.04. The predicted octanol–water partition coefficient (Wildman–Crippen LogP) is 1.61. The molecule has 0 unspecified atom stereocenters. The molecule has 1 fully saturated rings. The van der Waals surface area contributed by atoms with Gasteiger partial charge in [0, 0.05) is 18.3 Å². The Hall–Kier alpha value is -0.830. The fraction of sp³-hybridized carbons (Fsp3) is 0.667. The molecule has 1 aliphatic rings. The quantitative estimate of drug-likeness (QED) is 0.638. The van der Waals surface area contributed by atoms with E-state index in [1.54, 1.807) is 0 Å². The van der Waals surface area contributed by atoms with Crippen molar-refractivity contribution in [1.82, 2.24) is 9.78 Å². The Bertz CT molecular complexity index is 263. The van der Waals surface area contributed by atoms with Gasteiger partial charge in [0.1, 0.15) is 6.10 Å².